The van der Waals surface area contributed by atoms with Crippen LogP contribution in [0, 0.1) is 0 Å². The van der Waals surface area contributed by atoms with Crippen LogP contribution in [0.1, 0.15) is 82.9 Å². The third-order valence-corrected chi connectivity index (χ3v) is 4.17. The average molecular weight is 335 g/mol. The summed E-state index contributed by atoms with van der Waals surface area (Å²) in [5.41, 5.74) is 3.96. The fraction of sp³-hybridized carbons (Fsp3) is 0.667. The molecule has 0 saturated heterocycles. The zero-order valence-electron chi connectivity index (χ0n) is 16.0. The molecule has 0 spiro atoms. The summed E-state index contributed by atoms with van der Waals surface area (Å²) in [5, 5.41) is 0. The smallest absolute Gasteiger partial charge is 0.434 e. The SMILES string of the molecule is CCCCCOC(=O)Oc1ccc(CCC)c(CCC)c1CCC. The van der Waals surface area contributed by atoms with E-state index in [1.54, 1.807) is 0 Å². The van der Waals surface area contributed by atoms with Crippen molar-refractivity contribution in [3.8, 4) is 5.75 Å². The third kappa shape index (κ3) is 6.54. The molecular weight excluding hydrogens is 300 g/mol. The molecular formula is C21H34O3. The minimum absolute atomic E-state index is 0.436. The largest absolute Gasteiger partial charge is 0.513 e. The van der Waals surface area contributed by atoms with E-state index in [9.17, 15) is 4.79 Å². The number of carbonyl (C=O) groups excluding carboxylic acids is 1. The van der Waals surface area contributed by atoms with Crippen LogP contribution < -0.4 is 4.74 Å². The van der Waals surface area contributed by atoms with Gasteiger partial charge in [-0.3, -0.25) is 0 Å². The molecule has 0 saturated carbocycles. The molecule has 0 atom stereocenters. The third-order valence-electron chi connectivity index (χ3n) is 4.17. The molecule has 0 heterocycles. The van der Waals surface area contributed by atoms with Gasteiger partial charge < -0.3 is 9.47 Å². The Bertz CT molecular complexity index is 494. The summed E-state index contributed by atoms with van der Waals surface area (Å²) in [6.45, 7) is 9.12. The van der Waals surface area contributed by atoms with Crippen molar-refractivity contribution >= 4 is 6.16 Å². The predicted octanol–water partition coefficient (Wildman–Crippen LogP) is 6.25. The van der Waals surface area contributed by atoms with Gasteiger partial charge in [-0.15, -0.1) is 0 Å². The van der Waals surface area contributed by atoms with Crippen molar-refractivity contribution in [2.24, 2.45) is 0 Å². The van der Waals surface area contributed by atoms with Crippen LogP contribution in [0.5, 0.6) is 5.75 Å². The molecule has 0 amide bonds. The number of hydrogen-bond donors (Lipinski definition) is 0. The van der Waals surface area contributed by atoms with E-state index in [1.807, 2.05) is 6.07 Å². The molecule has 1 rings (SSSR count). The number of ether oxygens (including phenoxy) is 2. The summed E-state index contributed by atoms with van der Waals surface area (Å²) in [4.78, 5) is 12.0. The van der Waals surface area contributed by atoms with Crippen LogP contribution in [0.25, 0.3) is 0 Å². The topological polar surface area (TPSA) is 35.5 Å². The highest BCUT2D eigenvalue weighted by atomic mass is 16.7. The van der Waals surface area contributed by atoms with Crippen LogP contribution >= 0.6 is 0 Å². The van der Waals surface area contributed by atoms with Gasteiger partial charge in [0.2, 0.25) is 0 Å². The molecule has 3 heteroatoms. The van der Waals surface area contributed by atoms with Gasteiger partial charge in [0.1, 0.15) is 5.75 Å². The second kappa shape index (κ2) is 11.9. The average Bonchev–Trinajstić information content (AvgIpc) is 2.57. The Labute approximate surface area is 147 Å². The first kappa shape index (κ1) is 20.5. The molecule has 0 N–H and O–H groups in total. The van der Waals surface area contributed by atoms with E-state index in [-0.39, 0.29) is 0 Å². The highest BCUT2D eigenvalue weighted by Gasteiger charge is 2.16. The normalized spacial score (nSPS) is 10.7. The molecule has 136 valence electrons. The molecule has 3 nitrogen and oxygen atoms in total. The lowest BCUT2D eigenvalue weighted by Crippen LogP contribution is -2.14. The van der Waals surface area contributed by atoms with Crippen molar-refractivity contribution in [3.63, 3.8) is 0 Å². The van der Waals surface area contributed by atoms with Crippen molar-refractivity contribution < 1.29 is 14.3 Å². The monoisotopic (exact) mass is 334 g/mol. The van der Waals surface area contributed by atoms with Crippen LogP contribution in [0.15, 0.2) is 12.1 Å². The van der Waals surface area contributed by atoms with E-state index in [1.165, 1.54) is 16.7 Å². The number of carbonyl (C=O) groups is 1. The summed E-state index contributed by atoms with van der Waals surface area (Å²) in [6.07, 6.45) is 8.80. The standard InChI is InChI=1S/C21H34O3/c1-5-9-10-16-23-21(22)24-20-15-14-17(11-6-2)18(12-7-3)19(20)13-8-4/h14-15H,5-13,16H2,1-4H3. The first-order valence-electron chi connectivity index (χ1n) is 9.65. The Hall–Kier alpha value is -1.51. The zero-order valence-corrected chi connectivity index (χ0v) is 16.0. The van der Waals surface area contributed by atoms with Gasteiger partial charge in [0.05, 0.1) is 6.61 Å². The minimum Gasteiger partial charge on any atom is -0.434 e. The molecule has 0 aliphatic rings. The number of hydrogen-bond acceptors (Lipinski definition) is 3. The molecule has 0 aliphatic heterocycles. The summed E-state index contributed by atoms with van der Waals surface area (Å²) < 4.78 is 10.7. The Balaban J connectivity index is 2.91. The van der Waals surface area contributed by atoms with Crippen LogP contribution in [0.2, 0.25) is 0 Å². The molecule has 1 aromatic carbocycles. The van der Waals surface area contributed by atoms with Gasteiger partial charge in [0, 0.05) is 0 Å². The van der Waals surface area contributed by atoms with E-state index < -0.39 is 6.16 Å². The lowest BCUT2D eigenvalue weighted by Gasteiger charge is -2.18. The van der Waals surface area contributed by atoms with Gasteiger partial charge in [-0.1, -0.05) is 65.9 Å². The Morgan fingerprint density at radius 1 is 0.833 bits per heavy atom. The maximum Gasteiger partial charge on any atom is 0.513 e. The second-order valence-corrected chi connectivity index (χ2v) is 6.34. The van der Waals surface area contributed by atoms with Gasteiger partial charge in [0.15, 0.2) is 0 Å². The molecule has 0 bridgehead atoms. The summed E-state index contributed by atoms with van der Waals surface area (Å²) in [7, 11) is 0. The highest BCUT2D eigenvalue weighted by Crippen LogP contribution is 2.29. The number of benzene rings is 1. The maximum atomic E-state index is 12.0. The lowest BCUT2D eigenvalue weighted by atomic mass is 9.91. The zero-order chi connectivity index (χ0) is 17.8. The molecule has 24 heavy (non-hydrogen) atoms. The fourth-order valence-electron chi connectivity index (χ4n) is 3.03. The van der Waals surface area contributed by atoms with Crippen molar-refractivity contribution in [2.45, 2.75) is 85.5 Å². The summed E-state index contributed by atoms with van der Waals surface area (Å²) >= 11 is 0. The Morgan fingerprint density at radius 3 is 2.12 bits per heavy atom. The van der Waals surface area contributed by atoms with E-state index in [2.05, 4.69) is 33.8 Å². The van der Waals surface area contributed by atoms with Gasteiger partial charge in [-0.2, -0.15) is 0 Å². The van der Waals surface area contributed by atoms with Crippen molar-refractivity contribution in [1.82, 2.24) is 0 Å². The number of unbranched alkanes of at least 4 members (excludes halogenated alkanes) is 2. The molecule has 0 fully saturated rings. The van der Waals surface area contributed by atoms with Crippen LogP contribution in [-0.4, -0.2) is 12.8 Å². The maximum absolute atomic E-state index is 12.0. The minimum atomic E-state index is -0.575. The van der Waals surface area contributed by atoms with Crippen molar-refractivity contribution in [1.29, 1.82) is 0 Å². The van der Waals surface area contributed by atoms with Crippen LogP contribution in [0.4, 0.5) is 4.79 Å². The first-order chi connectivity index (χ1) is 11.7. The number of aryl methyl sites for hydroxylation is 1. The van der Waals surface area contributed by atoms with Gasteiger partial charge >= 0.3 is 6.16 Å². The van der Waals surface area contributed by atoms with Gasteiger partial charge in [-0.25, -0.2) is 4.79 Å². The van der Waals surface area contributed by atoms with Gasteiger partial charge in [-0.05, 0) is 48.4 Å². The molecule has 0 aromatic heterocycles. The number of rotatable bonds is 11. The van der Waals surface area contributed by atoms with E-state index in [4.69, 9.17) is 9.47 Å². The molecule has 0 unspecified atom stereocenters. The lowest BCUT2D eigenvalue weighted by molar-refractivity contribution is 0.0970. The molecule has 0 radical (unpaired) electrons. The molecule has 0 aliphatic carbocycles. The molecule has 1 aromatic rings. The van der Waals surface area contributed by atoms with E-state index in [0.717, 1.165) is 57.8 Å². The van der Waals surface area contributed by atoms with Crippen molar-refractivity contribution in [3.05, 3.63) is 28.8 Å². The fourth-order valence-corrected chi connectivity index (χ4v) is 3.03. The van der Waals surface area contributed by atoms with Crippen molar-refractivity contribution in [2.75, 3.05) is 6.61 Å². The quantitative estimate of drug-likeness (QED) is 0.272. The highest BCUT2D eigenvalue weighted by molar-refractivity contribution is 5.65. The summed E-state index contributed by atoms with van der Waals surface area (Å²) in [6, 6.07) is 4.07. The Morgan fingerprint density at radius 2 is 1.50 bits per heavy atom. The van der Waals surface area contributed by atoms with E-state index in [0.29, 0.717) is 12.4 Å². The van der Waals surface area contributed by atoms with Gasteiger partial charge in [0.25, 0.3) is 0 Å². The predicted molar refractivity (Wildman–Crippen MR) is 99.9 cm³/mol. The first-order valence-corrected chi connectivity index (χ1v) is 9.65. The summed E-state index contributed by atoms with van der Waals surface area (Å²) in [5.74, 6) is 0.681. The second-order valence-electron chi connectivity index (χ2n) is 6.34. The van der Waals surface area contributed by atoms with E-state index >= 15 is 0 Å². The van der Waals surface area contributed by atoms with Crippen LogP contribution in [0.3, 0.4) is 0 Å². The Kier molecular flexibility index (Phi) is 10.2. The van der Waals surface area contributed by atoms with Crippen LogP contribution in [-0.2, 0) is 24.0 Å².